The molecule has 6 heteroatoms. The van der Waals surface area contributed by atoms with Crippen LogP contribution in [0.15, 0.2) is 10.2 Å². The number of carbonyl (C=O) groups excluding carboxylic acids is 1. The number of esters is 1. The van der Waals surface area contributed by atoms with E-state index in [0.29, 0.717) is 0 Å². The second-order valence-corrected chi connectivity index (χ2v) is 1.29. The minimum Gasteiger partial charge on any atom is -0.465 e. The summed E-state index contributed by atoms with van der Waals surface area (Å²) in [5, 5.41) is 6.33. The predicted octanol–water partition coefficient (Wildman–Crippen LogP) is -1.58. The average molecular weight is 144 g/mol. The average Bonchev–Trinajstić information content (AvgIpc) is 1.87. The Labute approximate surface area is 57.5 Å². The molecule has 0 aromatic carbocycles. The van der Waals surface area contributed by atoms with E-state index in [0.717, 1.165) is 6.21 Å². The Morgan fingerprint density at radius 3 is 2.60 bits per heavy atom. The number of nitrogens with two attached hydrogens (primary N) is 2. The van der Waals surface area contributed by atoms with Gasteiger partial charge in [0.25, 0.3) is 0 Å². The van der Waals surface area contributed by atoms with Gasteiger partial charge in [0, 0.05) is 0 Å². The molecule has 0 amide bonds. The van der Waals surface area contributed by atoms with Crippen LogP contribution in [0.5, 0.6) is 0 Å². The highest BCUT2D eigenvalue weighted by molar-refractivity contribution is 6.23. The third-order valence-electron chi connectivity index (χ3n) is 0.538. The molecule has 6 nitrogen and oxygen atoms in total. The van der Waals surface area contributed by atoms with Crippen molar-refractivity contribution in [2.24, 2.45) is 21.7 Å². The summed E-state index contributed by atoms with van der Waals surface area (Å²) in [5.41, 5.74) is 9.76. The number of nitrogens with zero attached hydrogens (tertiary/aromatic N) is 2. The topological polar surface area (TPSA) is 103 Å². The van der Waals surface area contributed by atoms with E-state index in [1.54, 1.807) is 0 Å². The van der Waals surface area contributed by atoms with Gasteiger partial charge in [0.1, 0.15) is 6.21 Å². The van der Waals surface area contributed by atoms with Crippen molar-refractivity contribution in [3.63, 3.8) is 0 Å². The molecule has 0 bridgehead atoms. The number of rotatable bonds is 2. The van der Waals surface area contributed by atoms with Crippen LogP contribution in [0.4, 0.5) is 0 Å². The molecule has 0 radical (unpaired) electrons. The summed E-state index contributed by atoms with van der Waals surface area (Å²) in [6.45, 7) is 0. The molecule has 0 aromatic heterocycles. The van der Waals surface area contributed by atoms with Gasteiger partial charge in [-0.1, -0.05) is 0 Å². The standard InChI is InChI=1S/C4H8N4O2/c1-10-3(9)2-7-8-4(5)6/h2H,1H3,(H4,5,6,8)/b7-2-. The maximum atomic E-state index is 10.3. The molecular formula is C4H8N4O2. The van der Waals surface area contributed by atoms with E-state index in [1.165, 1.54) is 7.11 Å². The summed E-state index contributed by atoms with van der Waals surface area (Å²) in [5.74, 6) is -0.815. The van der Waals surface area contributed by atoms with E-state index in [2.05, 4.69) is 14.9 Å². The van der Waals surface area contributed by atoms with E-state index in [4.69, 9.17) is 11.5 Å². The van der Waals surface area contributed by atoms with Crippen molar-refractivity contribution in [1.82, 2.24) is 0 Å². The monoisotopic (exact) mass is 144 g/mol. The summed E-state index contributed by atoms with van der Waals surface area (Å²) >= 11 is 0. The first-order chi connectivity index (χ1) is 4.66. The molecule has 4 N–H and O–H groups in total. The van der Waals surface area contributed by atoms with Gasteiger partial charge in [0.15, 0.2) is 0 Å². The third-order valence-corrected chi connectivity index (χ3v) is 0.538. The van der Waals surface area contributed by atoms with Gasteiger partial charge in [-0.3, -0.25) is 0 Å². The second-order valence-electron chi connectivity index (χ2n) is 1.29. The maximum Gasteiger partial charge on any atom is 0.351 e. The Morgan fingerprint density at radius 2 is 2.20 bits per heavy atom. The van der Waals surface area contributed by atoms with Crippen LogP contribution in [0, 0.1) is 0 Å². The molecule has 0 aliphatic rings. The van der Waals surface area contributed by atoms with Crippen LogP contribution in [-0.4, -0.2) is 25.3 Å². The fraction of sp³-hybridized carbons (Fsp3) is 0.250. The Hall–Kier alpha value is -1.59. The summed E-state index contributed by atoms with van der Waals surface area (Å²) < 4.78 is 4.19. The van der Waals surface area contributed by atoms with Crippen LogP contribution in [0.2, 0.25) is 0 Å². The highest BCUT2D eigenvalue weighted by Crippen LogP contribution is 1.70. The minimum atomic E-state index is -0.606. The first-order valence-electron chi connectivity index (χ1n) is 2.36. The van der Waals surface area contributed by atoms with Crippen molar-refractivity contribution in [3.8, 4) is 0 Å². The molecule has 10 heavy (non-hydrogen) atoms. The summed E-state index contributed by atoms with van der Waals surface area (Å²) in [6.07, 6.45) is 0.861. The zero-order valence-electron chi connectivity index (χ0n) is 5.44. The molecule has 0 heterocycles. The number of hydrogen-bond acceptors (Lipinski definition) is 4. The van der Waals surface area contributed by atoms with Crippen LogP contribution in [-0.2, 0) is 9.53 Å². The first kappa shape index (κ1) is 8.41. The van der Waals surface area contributed by atoms with Crippen molar-refractivity contribution in [2.75, 3.05) is 7.11 Å². The molecule has 0 fully saturated rings. The van der Waals surface area contributed by atoms with Crippen molar-refractivity contribution >= 4 is 18.1 Å². The van der Waals surface area contributed by atoms with Gasteiger partial charge in [-0.2, -0.15) is 0 Å². The summed E-state index contributed by atoms with van der Waals surface area (Å²) in [6, 6.07) is 0. The van der Waals surface area contributed by atoms with Crippen molar-refractivity contribution < 1.29 is 9.53 Å². The second kappa shape index (κ2) is 4.30. The molecule has 0 rings (SSSR count). The molecule has 0 aliphatic carbocycles. The molecule has 0 saturated heterocycles. The number of ether oxygens (including phenoxy) is 1. The van der Waals surface area contributed by atoms with E-state index in [1.807, 2.05) is 0 Å². The van der Waals surface area contributed by atoms with E-state index < -0.39 is 5.97 Å². The zero-order valence-corrected chi connectivity index (χ0v) is 5.44. The van der Waals surface area contributed by atoms with Gasteiger partial charge >= 0.3 is 5.97 Å². The fourth-order valence-electron chi connectivity index (χ4n) is 0.195. The lowest BCUT2D eigenvalue weighted by atomic mass is 10.8. The Bertz CT molecular complexity index is 170. The number of carbonyl (C=O) groups is 1. The minimum absolute atomic E-state index is 0.208. The Morgan fingerprint density at radius 1 is 1.60 bits per heavy atom. The number of guanidine groups is 1. The summed E-state index contributed by atoms with van der Waals surface area (Å²) in [7, 11) is 1.23. The highest BCUT2D eigenvalue weighted by atomic mass is 16.5. The molecule has 0 saturated carbocycles. The third kappa shape index (κ3) is 4.57. The van der Waals surface area contributed by atoms with Gasteiger partial charge in [0.05, 0.1) is 7.11 Å². The molecule has 0 unspecified atom stereocenters. The van der Waals surface area contributed by atoms with Gasteiger partial charge < -0.3 is 16.2 Å². The van der Waals surface area contributed by atoms with Crippen LogP contribution in [0.25, 0.3) is 0 Å². The summed E-state index contributed by atoms with van der Waals surface area (Å²) in [4.78, 5) is 10.3. The Balaban J connectivity index is 3.77. The fourth-order valence-corrected chi connectivity index (χ4v) is 0.195. The normalized spacial score (nSPS) is 9.30. The Kier molecular flexibility index (Phi) is 3.62. The largest absolute Gasteiger partial charge is 0.465 e. The number of hydrogen-bond donors (Lipinski definition) is 2. The zero-order chi connectivity index (χ0) is 7.98. The van der Waals surface area contributed by atoms with Crippen LogP contribution in [0.1, 0.15) is 0 Å². The molecule has 0 aromatic rings. The van der Waals surface area contributed by atoms with Crippen LogP contribution in [0.3, 0.4) is 0 Å². The smallest absolute Gasteiger partial charge is 0.351 e. The van der Waals surface area contributed by atoms with Crippen molar-refractivity contribution in [1.29, 1.82) is 0 Å². The van der Waals surface area contributed by atoms with Crippen LogP contribution >= 0.6 is 0 Å². The molecule has 0 atom stereocenters. The molecule has 0 aliphatic heterocycles. The maximum absolute atomic E-state index is 10.3. The van der Waals surface area contributed by atoms with Gasteiger partial charge in [-0.25, -0.2) is 4.79 Å². The first-order valence-corrected chi connectivity index (χ1v) is 2.36. The van der Waals surface area contributed by atoms with E-state index in [9.17, 15) is 4.79 Å². The highest BCUT2D eigenvalue weighted by Gasteiger charge is 1.88. The van der Waals surface area contributed by atoms with Gasteiger partial charge in [0.2, 0.25) is 5.96 Å². The predicted molar refractivity (Wildman–Crippen MR) is 36.3 cm³/mol. The number of methoxy groups -OCH3 is 1. The van der Waals surface area contributed by atoms with Crippen molar-refractivity contribution in [3.05, 3.63) is 0 Å². The van der Waals surface area contributed by atoms with Gasteiger partial charge in [-0.05, 0) is 0 Å². The molecular weight excluding hydrogens is 136 g/mol. The quantitative estimate of drug-likeness (QED) is 0.211. The lowest BCUT2D eigenvalue weighted by molar-refractivity contribution is -0.132. The lowest BCUT2D eigenvalue weighted by Gasteiger charge is -1.85. The van der Waals surface area contributed by atoms with Gasteiger partial charge in [-0.15, -0.1) is 10.2 Å². The van der Waals surface area contributed by atoms with E-state index >= 15 is 0 Å². The molecule has 56 valence electrons. The lowest BCUT2D eigenvalue weighted by Crippen LogP contribution is -2.21. The van der Waals surface area contributed by atoms with Crippen LogP contribution < -0.4 is 11.5 Å². The van der Waals surface area contributed by atoms with Crippen molar-refractivity contribution in [2.45, 2.75) is 0 Å². The SMILES string of the molecule is COC(=O)/C=N\N=C(N)N. The molecule has 0 spiro atoms. The van der Waals surface area contributed by atoms with E-state index in [-0.39, 0.29) is 5.96 Å².